The number of hydrogen-bond acceptors (Lipinski definition) is 5. The first-order valence-electron chi connectivity index (χ1n) is 5.87. The first-order valence-corrected chi connectivity index (χ1v) is 7.31. The maximum absolute atomic E-state index is 12.5. The number of morpholine rings is 1. The fourth-order valence-electron chi connectivity index (χ4n) is 2.52. The molecule has 3 rings (SSSR count). The third kappa shape index (κ3) is 1.78. The van der Waals surface area contributed by atoms with Crippen molar-refractivity contribution in [2.75, 3.05) is 33.0 Å². The van der Waals surface area contributed by atoms with E-state index < -0.39 is 15.6 Å². The molecule has 3 heterocycles. The van der Waals surface area contributed by atoms with Crippen LogP contribution in [0.5, 0.6) is 0 Å². The van der Waals surface area contributed by atoms with Crippen LogP contribution in [0.25, 0.3) is 0 Å². The fraction of sp³-hybridized carbons (Fsp3) is 0.636. The second kappa shape index (κ2) is 4.34. The molecule has 6 nitrogen and oxygen atoms in total. The Morgan fingerprint density at radius 3 is 2.61 bits per heavy atom. The molecule has 0 unspecified atom stereocenters. The summed E-state index contributed by atoms with van der Waals surface area (Å²) in [5.74, 6) is 0. The van der Waals surface area contributed by atoms with E-state index >= 15 is 0 Å². The van der Waals surface area contributed by atoms with Crippen molar-refractivity contribution in [2.45, 2.75) is 17.1 Å². The molecule has 0 radical (unpaired) electrons. The summed E-state index contributed by atoms with van der Waals surface area (Å²) >= 11 is 0. The highest BCUT2D eigenvalue weighted by molar-refractivity contribution is 7.89. The molecule has 0 N–H and O–H groups in total. The molecule has 0 bridgehead atoms. The number of rotatable bonds is 2. The van der Waals surface area contributed by atoms with Crippen molar-refractivity contribution in [1.29, 1.82) is 0 Å². The predicted octanol–water partition coefficient (Wildman–Crippen LogP) is 0.460. The summed E-state index contributed by atoms with van der Waals surface area (Å²) in [4.78, 5) is 0. The van der Waals surface area contributed by atoms with Crippen molar-refractivity contribution in [3.63, 3.8) is 0 Å². The van der Waals surface area contributed by atoms with Crippen LogP contribution in [0.15, 0.2) is 27.9 Å². The average molecular weight is 273 g/mol. The third-order valence-corrected chi connectivity index (χ3v) is 5.35. The topological polar surface area (TPSA) is 69.0 Å². The van der Waals surface area contributed by atoms with Gasteiger partial charge < -0.3 is 13.9 Å². The van der Waals surface area contributed by atoms with Crippen molar-refractivity contribution < 1.29 is 22.3 Å². The molecule has 0 amide bonds. The largest absolute Gasteiger partial charge is 0.452 e. The molecule has 0 aromatic carbocycles. The Balaban J connectivity index is 1.98. The molecule has 0 aliphatic carbocycles. The van der Waals surface area contributed by atoms with Gasteiger partial charge in [0, 0.05) is 13.2 Å². The van der Waals surface area contributed by atoms with Gasteiger partial charge in [0.2, 0.25) is 5.09 Å². The zero-order valence-corrected chi connectivity index (χ0v) is 10.7. The van der Waals surface area contributed by atoms with Gasteiger partial charge in [-0.3, -0.25) is 0 Å². The first kappa shape index (κ1) is 12.2. The maximum atomic E-state index is 12.5. The minimum absolute atomic E-state index is 0.0179. The monoisotopic (exact) mass is 273 g/mol. The molecule has 2 saturated heterocycles. The van der Waals surface area contributed by atoms with Crippen molar-refractivity contribution in [3.05, 3.63) is 18.4 Å². The molecule has 2 fully saturated rings. The molecule has 0 saturated carbocycles. The van der Waals surface area contributed by atoms with Gasteiger partial charge in [0.05, 0.1) is 31.6 Å². The fourth-order valence-corrected chi connectivity index (χ4v) is 4.19. The van der Waals surface area contributed by atoms with Gasteiger partial charge in [-0.25, -0.2) is 8.42 Å². The van der Waals surface area contributed by atoms with E-state index in [1.807, 2.05) is 0 Å². The van der Waals surface area contributed by atoms with Crippen LogP contribution in [0.3, 0.4) is 0 Å². The Bertz CT molecular complexity index is 504. The number of furan rings is 1. The van der Waals surface area contributed by atoms with Gasteiger partial charge in [-0.15, -0.1) is 0 Å². The molecule has 1 spiro atoms. The molecule has 18 heavy (non-hydrogen) atoms. The van der Waals surface area contributed by atoms with E-state index in [1.54, 1.807) is 6.07 Å². The van der Waals surface area contributed by atoms with Crippen LogP contribution in [0.4, 0.5) is 0 Å². The lowest BCUT2D eigenvalue weighted by molar-refractivity contribution is -0.0298. The second-order valence-corrected chi connectivity index (χ2v) is 6.38. The summed E-state index contributed by atoms with van der Waals surface area (Å²) in [7, 11) is -3.60. The van der Waals surface area contributed by atoms with Gasteiger partial charge in [-0.05, 0) is 18.6 Å². The SMILES string of the molecule is O=S(=O)(c1ccco1)N1CCOC[C@@]12CCOC2. The van der Waals surface area contributed by atoms with Gasteiger partial charge in [0.25, 0.3) is 10.0 Å². The predicted molar refractivity (Wildman–Crippen MR) is 61.6 cm³/mol. The second-order valence-electron chi connectivity index (χ2n) is 4.59. The average Bonchev–Trinajstić information content (AvgIpc) is 3.01. The van der Waals surface area contributed by atoms with E-state index in [0.29, 0.717) is 39.4 Å². The lowest BCUT2D eigenvalue weighted by Crippen LogP contribution is -2.59. The summed E-state index contributed by atoms with van der Waals surface area (Å²) in [6.07, 6.45) is 2.03. The van der Waals surface area contributed by atoms with Gasteiger partial charge in [-0.2, -0.15) is 4.31 Å². The summed E-state index contributed by atoms with van der Waals surface area (Å²) in [6, 6.07) is 3.04. The maximum Gasteiger partial charge on any atom is 0.277 e. The molecular formula is C11H15NO5S. The first-order chi connectivity index (χ1) is 8.65. The van der Waals surface area contributed by atoms with Crippen molar-refractivity contribution in [2.24, 2.45) is 0 Å². The van der Waals surface area contributed by atoms with E-state index in [2.05, 4.69) is 0 Å². The zero-order chi connectivity index (χ0) is 12.6. The molecule has 1 aromatic rings. The number of nitrogens with zero attached hydrogens (tertiary/aromatic N) is 1. The van der Waals surface area contributed by atoms with E-state index in [9.17, 15) is 8.42 Å². The smallest absolute Gasteiger partial charge is 0.277 e. The van der Waals surface area contributed by atoms with Crippen LogP contribution in [0.1, 0.15) is 6.42 Å². The Labute approximate surface area is 106 Å². The molecule has 2 aliphatic rings. The Hall–Kier alpha value is -0.890. The number of hydrogen-bond donors (Lipinski definition) is 0. The van der Waals surface area contributed by atoms with E-state index in [1.165, 1.54) is 16.6 Å². The van der Waals surface area contributed by atoms with Crippen LogP contribution >= 0.6 is 0 Å². The van der Waals surface area contributed by atoms with Gasteiger partial charge in [0.15, 0.2) is 0 Å². The van der Waals surface area contributed by atoms with Crippen molar-refractivity contribution in [3.8, 4) is 0 Å². The summed E-state index contributed by atoms with van der Waals surface area (Å²) < 4.78 is 42.4. The zero-order valence-electron chi connectivity index (χ0n) is 9.87. The summed E-state index contributed by atoms with van der Waals surface area (Å²) in [5, 5.41) is -0.0179. The standard InChI is InChI=1S/C11H15NO5S/c13-18(14,10-2-1-5-17-10)12-4-7-16-9-11(12)3-6-15-8-11/h1-2,5H,3-4,6-9H2/t11-/m0/s1. The molecule has 7 heteroatoms. The van der Waals surface area contributed by atoms with Gasteiger partial charge in [0.1, 0.15) is 0 Å². The van der Waals surface area contributed by atoms with E-state index in [4.69, 9.17) is 13.9 Å². The molecule has 1 aromatic heterocycles. The molecule has 2 aliphatic heterocycles. The van der Waals surface area contributed by atoms with Crippen molar-refractivity contribution in [1.82, 2.24) is 4.31 Å². The molecular weight excluding hydrogens is 258 g/mol. The van der Waals surface area contributed by atoms with Crippen LogP contribution in [-0.2, 0) is 19.5 Å². The highest BCUT2D eigenvalue weighted by atomic mass is 32.2. The lowest BCUT2D eigenvalue weighted by Gasteiger charge is -2.41. The van der Waals surface area contributed by atoms with E-state index in [0.717, 1.165) is 0 Å². The van der Waals surface area contributed by atoms with E-state index in [-0.39, 0.29) is 5.09 Å². The quantitative estimate of drug-likeness (QED) is 0.783. The highest BCUT2D eigenvalue weighted by Gasteiger charge is 2.49. The minimum Gasteiger partial charge on any atom is -0.452 e. The minimum atomic E-state index is -3.60. The van der Waals surface area contributed by atoms with Crippen molar-refractivity contribution >= 4 is 10.0 Å². The number of ether oxygens (including phenoxy) is 2. The van der Waals surface area contributed by atoms with Crippen LogP contribution in [0, 0.1) is 0 Å². The van der Waals surface area contributed by atoms with Crippen LogP contribution in [0.2, 0.25) is 0 Å². The Morgan fingerprint density at radius 1 is 1.22 bits per heavy atom. The van der Waals surface area contributed by atoms with Gasteiger partial charge in [-0.1, -0.05) is 0 Å². The third-order valence-electron chi connectivity index (χ3n) is 3.46. The van der Waals surface area contributed by atoms with Crippen LogP contribution < -0.4 is 0 Å². The Morgan fingerprint density at radius 2 is 2.00 bits per heavy atom. The summed E-state index contributed by atoms with van der Waals surface area (Å²) in [5.41, 5.74) is -0.566. The highest BCUT2D eigenvalue weighted by Crippen LogP contribution is 2.34. The molecule has 1 atom stereocenters. The normalized spacial score (nSPS) is 30.0. The van der Waals surface area contributed by atoms with Gasteiger partial charge >= 0.3 is 0 Å². The lowest BCUT2D eigenvalue weighted by atomic mass is 9.99. The molecule has 100 valence electrons. The van der Waals surface area contributed by atoms with Crippen LogP contribution in [-0.4, -0.2) is 51.2 Å². The number of sulfonamides is 1. The summed E-state index contributed by atoms with van der Waals surface area (Å²) in [6.45, 7) is 2.07. The Kier molecular flexibility index (Phi) is 2.93.